The maximum atomic E-state index is 11.3. The Morgan fingerprint density at radius 1 is 1.33 bits per heavy atom. The van der Waals surface area contributed by atoms with Crippen molar-refractivity contribution in [1.82, 2.24) is 10.6 Å². The SMILES string of the molecule is O=C(O)C1CNC2N=CNC(C3CCCCC3)=C21. The van der Waals surface area contributed by atoms with Crippen molar-refractivity contribution >= 4 is 12.3 Å². The number of carboxylic acid groups (broad SMARTS) is 1. The number of aliphatic carboxylic acids is 1. The first-order valence-corrected chi connectivity index (χ1v) is 6.75. The molecule has 1 saturated heterocycles. The Kier molecular flexibility index (Phi) is 3.07. The van der Waals surface area contributed by atoms with Crippen molar-refractivity contribution in [3.8, 4) is 0 Å². The van der Waals surface area contributed by atoms with E-state index in [1.807, 2.05) is 0 Å². The third kappa shape index (κ3) is 1.92. The van der Waals surface area contributed by atoms with E-state index in [-0.39, 0.29) is 6.17 Å². The molecule has 1 aliphatic carbocycles. The molecular formula is C13H19N3O2. The van der Waals surface area contributed by atoms with Gasteiger partial charge in [0.15, 0.2) is 0 Å². The molecule has 0 aromatic rings. The van der Waals surface area contributed by atoms with Gasteiger partial charge in [-0.3, -0.25) is 15.1 Å². The Morgan fingerprint density at radius 3 is 2.83 bits per heavy atom. The normalized spacial score (nSPS) is 32.2. The summed E-state index contributed by atoms with van der Waals surface area (Å²) in [5, 5.41) is 15.7. The largest absolute Gasteiger partial charge is 0.481 e. The van der Waals surface area contributed by atoms with Crippen LogP contribution in [0.25, 0.3) is 0 Å². The first-order chi connectivity index (χ1) is 8.77. The average molecular weight is 249 g/mol. The Balaban J connectivity index is 1.92. The quantitative estimate of drug-likeness (QED) is 0.684. The highest BCUT2D eigenvalue weighted by Crippen LogP contribution is 2.36. The molecule has 3 N–H and O–H groups in total. The Labute approximate surface area is 106 Å². The zero-order valence-electron chi connectivity index (χ0n) is 10.4. The van der Waals surface area contributed by atoms with Crippen LogP contribution in [-0.4, -0.2) is 30.1 Å². The maximum absolute atomic E-state index is 11.3. The number of nitrogens with one attached hydrogen (secondary N) is 2. The number of rotatable bonds is 2. The smallest absolute Gasteiger partial charge is 0.312 e. The van der Waals surface area contributed by atoms with Crippen molar-refractivity contribution in [2.24, 2.45) is 16.8 Å². The van der Waals surface area contributed by atoms with Crippen molar-refractivity contribution in [3.63, 3.8) is 0 Å². The van der Waals surface area contributed by atoms with Crippen molar-refractivity contribution in [2.45, 2.75) is 38.3 Å². The Bertz CT molecular complexity index is 410. The summed E-state index contributed by atoms with van der Waals surface area (Å²) in [5.74, 6) is -0.672. The molecule has 3 aliphatic rings. The van der Waals surface area contributed by atoms with Gasteiger partial charge < -0.3 is 10.4 Å². The van der Waals surface area contributed by atoms with Crippen LogP contribution in [0.4, 0.5) is 0 Å². The number of hydrogen-bond donors (Lipinski definition) is 3. The number of hydrogen-bond acceptors (Lipinski definition) is 4. The van der Waals surface area contributed by atoms with Crippen LogP contribution in [0.2, 0.25) is 0 Å². The minimum Gasteiger partial charge on any atom is -0.481 e. The molecule has 2 heterocycles. The summed E-state index contributed by atoms with van der Waals surface area (Å²) in [4.78, 5) is 15.6. The van der Waals surface area contributed by atoms with Gasteiger partial charge in [-0.05, 0) is 18.8 Å². The molecule has 18 heavy (non-hydrogen) atoms. The van der Waals surface area contributed by atoms with Crippen molar-refractivity contribution < 1.29 is 9.90 Å². The van der Waals surface area contributed by atoms with E-state index in [1.54, 1.807) is 6.34 Å². The summed E-state index contributed by atoms with van der Waals surface area (Å²) in [5.41, 5.74) is 2.10. The van der Waals surface area contributed by atoms with Crippen LogP contribution in [-0.2, 0) is 4.79 Å². The van der Waals surface area contributed by atoms with Crippen LogP contribution in [0.15, 0.2) is 16.3 Å². The van der Waals surface area contributed by atoms with Crippen LogP contribution in [0, 0.1) is 11.8 Å². The summed E-state index contributed by atoms with van der Waals surface area (Å²) < 4.78 is 0. The highest BCUT2D eigenvalue weighted by molar-refractivity contribution is 5.77. The van der Waals surface area contributed by atoms with Crippen LogP contribution < -0.4 is 10.6 Å². The van der Waals surface area contributed by atoms with E-state index in [2.05, 4.69) is 15.6 Å². The molecule has 5 heteroatoms. The van der Waals surface area contributed by atoms with Gasteiger partial charge in [-0.25, -0.2) is 0 Å². The van der Waals surface area contributed by atoms with Crippen molar-refractivity contribution in [2.75, 3.05) is 6.54 Å². The second-order valence-electron chi connectivity index (χ2n) is 5.33. The molecule has 0 spiro atoms. The lowest BCUT2D eigenvalue weighted by Gasteiger charge is -2.30. The van der Waals surface area contributed by atoms with Gasteiger partial charge in [-0.15, -0.1) is 0 Å². The van der Waals surface area contributed by atoms with Gasteiger partial charge in [-0.1, -0.05) is 19.3 Å². The average Bonchev–Trinajstić information content (AvgIpc) is 2.83. The zero-order valence-corrected chi connectivity index (χ0v) is 10.4. The lowest BCUT2D eigenvalue weighted by atomic mass is 9.82. The number of aliphatic imine (C=N–C) groups is 1. The van der Waals surface area contributed by atoms with Crippen molar-refractivity contribution in [1.29, 1.82) is 0 Å². The first-order valence-electron chi connectivity index (χ1n) is 6.75. The molecule has 0 radical (unpaired) electrons. The number of nitrogens with zero attached hydrogens (tertiary/aromatic N) is 1. The summed E-state index contributed by atoms with van der Waals surface area (Å²) >= 11 is 0. The summed E-state index contributed by atoms with van der Waals surface area (Å²) in [6.45, 7) is 0.491. The molecule has 0 aromatic carbocycles. The summed E-state index contributed by atoms with van der Waals surface area (Å²) in [6.07, 6.45) is 7.72. The Morgan fingerprint density at radius 2 is 2.11 bits per heavy atom. The van der Waals surface area contributed by atoms with E-state index in [1.165, 1.54) is 32.1 Å². The topological polar surface area (TPSA) is 73.7 Å². The highest BCUT2D eigenvalue weighted by Gasteiger charge is 2.39. The van der Waals surface area contributed by atoms with Gasteiger partial charge in [0.05, 0.1) is 12.3 Å². The summed E-state index contributed by atoms with van der Waals surface area (Å²) in [6, 6.07) is 0. The molecule has 5 nitrogen and oxygen atoms in total. The highest BCUT2D eigenvalue weighted by atomic mass is 16.4. The fraction of sp³-hybridized carbons (Fsp3) is 0.692. The van der Waals surface area contributed by atoms with E-state index in [9.17, 15) is 9.90 Å². The van der Waals surface area contributed by atoms with Gasteiger partial charge in [-0.2, -0.15) is 0 Å². The third-order valence-corrected chi connectivity index (χ3v) is 4.25. The number of fused-ring (bicyclic) bond motifs is 1. The molecule has 1 saturated carbocycles. The predicted octanol–water partition coefficient (Wildman–Crippen LogP) is 1.08. The molecular weight excluding hydrogens is 230 g/mol. The standard InChI is InChI=1S/C13H19N3O2/c17-13(18)9-6-14-12-10(9)11(15-7-16-12)8-4-2-1-3-5-8/h7-9,12,14H,1-6H2,(H,15,16)(H,17,18). The molecule has 3 rings (SSSR count). The van der Waals surface area contributed by atoms with Crippen LogP contribution >= 0.6 is 0 Å². The second kappa shape index (κ2) is 4.72. The maximum Gasteiger partial charge on any atom is 0.312 e. The molecule has 0 bridgehead atoms. The lowest BCUT2D eigenvalue weighted by molar-refractivity contribution is -0.139. The first kappa shape index (κ1) is 11.7. The predicted molar refractivity (Wildman–Crippen MR) is 68.1 cm³/mol. The minimum absolute atomic E-state index is 0.121. The van der Waals surface area contributed by atoms with Crippen LogP contribution in [0.5, 0.6) is 0 Å². The third-order valence-electron chi connectivity index (χ3n) is 4.25. The molecule has 2 atom stereocenters. The number of carboxylic acids is 1. The van der Waals surface area contributed by atoms with E-state index in [0.29, 0.717) is 12.5 Å². The molecule has 0 aromatic heterocycles. The van der Waals surface area contributed by atoms with Crippen LogP contribution in [0.3, 0.4) is 0 Å². The van der Waals surface area contributed by atoms with E-state index >= 15 is 0 Å². The van der Waals surface area contributed by atoms with Gasteiger partial charge >= 0.3 is 5.97 Å². The number of allylic oxidation sites excluding steroid dienone is 1. The molecule has 0 amide bonds. The number of carbonyl (C=O) groups is 1. The zero-order chi connectivity index (χ0) is 12.5. The molecule has 2 unspecified atom stereocenters. The summed E-state index contributed by atoms with van der Waals surface area (Å²) in [7, 11) is 0. The van der Waals surface area contributed by atoms with Crippen LogP contribution in [0.1, 0.15) is 32.1 Å². The fourth-order valence-corrected chi connectivity index (χ4v) is 3.34. The van der Waals surface area contributed by atoms with Crippen molar-refractivity contribution in [3.05, 3.63) is 11.3 Å². The second-order valence-corrected chi connectivity index (χ2v) is 5.33. The van der Waals surface area contributed by atoms with Gasteiger partial charge in [0, 0.05) is 17.8 Å². The molecule has 98 valence electrons. The van der Waals surface area contributed by atoms with E-state index < -0.39 is 11.9 Å². The monoisotopic (exact) mass is 249 g/mol. The minimum atomic E-state index is -0.743. The van der Waals surface area contributed by atoms with E-state index in [0.717, 1.165) is 11.3 Å². The van der Waals surface area contributed by atoms with E-state index in [4.69, 9.17) is 0 Å². The van der Waals surface area contributed by atoms with Gasteiger partial charge in [0.2, 0.25) is 0 Å². The molecule has 2 fully saturated rings. The fourth-order valence-electron chi connectivity index (χ4n) is 3.34. The Hall–Kier alpha value is -1.36. The lowest BCUT2D eigenvalue weighted by Crippen LogP contribution is -2.33. The van der Waals surface area contributed by atoms with Gasteiger partial charge in [0.1, 0.15) is 6.17 Å². The van der Waals surface area contributed by atoms with Gasteiger partial charge in [0.25, 0.3) is 0 Å². The molecule has 2 aliphatic heterocycles.